The molecule has 36 heavy (non-hydrogen) atoms. The molecule has 0 radical (unpaired) electrons. The van der Waals surface area contributed by atoms with E-state index in [1.54, 1.807) is 0 Å². The Bertz CT molecular complexity index is 1860. The van der Waals surface area contributed by atoms with E-state index in [4.69, 9.17) is 0 Å². The monoisotopic (exact) mass is 456 g/mol. The van der Waals surface area contributed by atoms with Crippen molar-refractivity contribution in [2.45, 2.75) is 0 Å². The second-order valence-corrected chi connectivity index (χ2v) is 9.31. The van der Waals surface area contributed by atoms with E-state index in [2.05, 4.69) is 146 Å². The van der Waals surface area contributed by atoms with Gasteiger partial charge in [0.25, 0.3) is 0 Å². The first kappa shape index (κ1) is 20.7. The average Bonchev–Trinajstić information content (AvgIpc) is 2.96. The lowest BCUT2D eigenvalue weighted by Crippen LogP contribution is -1.93. The molecule has 0 saturated heterocycles. The summed E-state index contributed by atoms with van der Waals surface area (Å²) in [6, 6.07) is 52.8. The molecule has 0 spiro atoms. The summed E-state index contributed by atoms with van der Waals surface area (Å²) in [5, 5.41) is 7.66. The summed E-state index contributed by atoms with van der Waals surface area (Å²) < 4.78 is 0. The van der Waals surface area contributed by atoms with Crippen LogP contribution in [-0.4, -0.2) is 0 Å². The van der Waals surface area contributed by atoms with Crippen molar-refractivity contribution in [3.05, 3.63) is 146 Å². The molecule has 168 valence electrons. The minimum absolute atomic E-state index is 1.23. The van der Waals surface area contributed by atoms with Gasteiger partial charge >= 0.3 is 0 Å². The summed E-state index contributed by atoms with van der Waals surface area (Å²) in [7, 11) is 0. The van der Waals surface area contributed by atoms with Gasteiger partial charge in [0.05, 0.1) is 0 Å². The summed E-state index contributed by atoms with van der Waals surface area (Å²) in [4.78, 5) is 0. The smallest absolute Gasteiger partial charge is 0.00204 e. The van der Waals surface area contributed by atoms with Gasteiger partial charge in [-0.25, -0.2) is 0 Å². The van der Waals surface area contributed by atoms with Crippen LogP contribution in [0.15, 0.2) is 146 Å². The maximum atomic E-state index is 2.34. The van der Waals surface area contributed by atoms with E-state index >= 15 is 0 Å². The molecule has 0 aromatic heterocycles. The molecule has 0 saturated carbocycles. The highest BCUT2D eigenvalue weighted by molar-refractivity contribution is 6.17. The normalized spacial score (nSPS) is 11.3. The van der Waals surface area contributed by atoms with Crippen molar-refractivity contribution in [2.75, 3.05) is 0 Å². The van der Waals surface area contributed by atoms with Gasteiger partial charge in [0.2, 0.25) is 0 Å². The molecule has 0 atom stereocenters. The zero-order valence-electron chi connectivity index (χ0n) is 19.9. The van der Waals surface area contributed by atoms with E-state index in [0.29, 0.717) is 0 Å². The van der Waals surface area contributed by atoms with Gasteiger partial charge in [0.15, 0.2) is 0 Å². The largest absolute Gasteiger partial charge is 0.0622 e. The third-order valence-electron chi connectivity index (χ3n) is 7.27. The molecular formula is C36H24. The lowest BCUT2D eigenvalue weighted by molar-refractivity contribution is 1.60. The predicted molar refractivity (Wildman–Crippen MR) is 155 cm³/mol. The Balaban J connectivity index is 1.66. The van der Waals surface area contributed by atoms with Crippen LogP contribution < -0.4 is 0 Å². The first-order valence-electron chi connectivity index (χ1n) is 12.5. The molecule has 7 aromatic rings. The van der Waals surface area contributed by atoms with Crippen LogP contribution in [-0.2, 0) is 0 Å². The molecule has 0 aliphatic heterocycles. The van der Waals surface area contributed by atoms with Crippen molar-refractivity contribution in [2.24, 2.45) is 0 Å². The number of hydrogen-bond acceptors (Lipinski definition) is 0. The molecule has 0 heterocycles. The minimum atomic E-state index is 1.23. The van der Waals surface area contributed by atoms with Crippen LogP contribution in [0.5, 0.6) is 0 Å². The third-order valence-corrected chi connectivity index (χ3v) is 7.27. The van der Waals surface area contributed by atoms with Crippen LogP contribution >= 0.6 is 0 Å². The van der Waals surface area contributed by atoms with Gasteiger partial charge < -0.3 is 0 Å². The zero-order valence-corrected chi connectivity index (χ0v) is 19.9. The standard InChI is InChI=1S/C36H24/c1-3-11-25(12-4-1)31-21-19-27-14-8-10-18-30(27)36(31)34-24-23-32-29-17-9-7-13-26(29)20-22-33(32)35(34)28-15-5-2-6-16-28/h1-24H. The average molecular weight is 457 g/mol. The Morgan fingerprint density at radius 3 is 1.53 bits per heavy atom. The Hall–Kier alpha value is -4.68. The molecule has 7 aromatic carbocycles. The highest BCUT2D eigenvalue weighted by atomic mass is 14.2. The molecule has 0 heteroatoms. The zero-order chi connectivity index (χ0) is 23.9. The Kier molecular flexibility index (Phi) is 4.89. The number of hydrogen-bond donors (Lipinski definition) is 0. The van der Waals surface area contributed by atoms with Crippen LogP contribution in [0.1, 0.15) is 0 Å². The summed E-state index contributed by atoms with van der Waals surface area (Å²) in [6.45, 7) is 0. The van der Waals surface area contributed by atoms with E-state index in [9.17, 15) is 0 Å². The fraction of sp³-hybridized carbons (Fsp3) is 0. The van der Waals surface area contributed by atoms with E-state index < -0.39 is 0 Å². The number of fused-ring (bicyclic) bond motifs is 4. The first-order valence-corrected chi connectivity index (χ1v) is 12.5. The van der Waals surface area contributed by atoms with Gasteiger partial charge in [-0.15, -0.1) is 0 Å². The summed E-state index contributed by atoms with van der Waals surface area (Å²) in [5.41, 5.74) is 7.56. The first-order chi connectivity index (χ1) is 17.9. The van der Waals surface area contributed by atoms with Gasteiger partial charge in [-0.1, -0.05) is 146 Å². The summed E-state index contributed by atoms with van der Waals surface area (Å²) in [5.74, 6) is 0. The molecule has 0 aliphatic rings. The molecule has 0 nitrogen and oxygen atoms in total. The molecule has 0 fully saturated rings. The van der Waals surface area contributed by atoms with Gasteiger partial charge in [-0.2, -0.15) is 0 Å². The van der Waals surface area contributed by atoms with Crippen LogP contribution in [0.25, 0.3) is 65.7 Å². The molecule has 0 N–H and O–H groups in total. The van der Waals surface area contributed by atoms with E-state index in [1.807, 2.05) is 0 Å². The second kappa shape index (κ2) is 8.52. The SMILES string of the molecule is c1ccc(-c2ccc3ccccc3c2-c2ccc3c(ccc4ccccc43)c2-c2ccccc2)cc1. The maximum Gasteiger partial charge on any atom is -0.00204 e. The summed E-state index contributed by atoms with van der Waals surface area (Å²) >= 11 is 0. The van der Waals surface area contributed by atoms with Crippen LogP contribution in [0.2, 0.25) is 0 Å². The second-order valence-electron chi connectivity index (χ2n) is 9.31. The van der Waals surface area contributed by atoms with Gasteiger partial charge in [-0.3, -0.25) is 0 Å². The van der Waals surface area contributed by atoms with Crippen molar-refractivity contribution >= 4 is 32.3 Å². The lowest BCUT2D eigenvalue weighted by atomic mass is 9.83. The quantitative estimate of drug-likeness (QED) is 0.232. The molecule has 0 amide bonds. The topological polar surface area (TPSA) is 0 Å². The highest BCUT2D eigenvalue weighted by Gasteiger charge is 2.18. The van der Waals surface area contributed by atoms with E-state index in [-0.39, 0.29) is 0 Å². The number of benzene rings is 7. The molecule has 0 unspecified atom stereocenters. The van der Waals surface area contributed by atoms with Crippen molar-refractivity contribution in [1.29, 1.82) is 0 Å². The molecule has 7 rings (SSSR count). The highest BCUT2D eigenvalue weighted by Crippen LogP contribution is 2.46. The van der Waals surface area contributed by atoms with Gasteiger partial charge in [0.1, 0.15) is 0 Å². The third kappa shape index (κ3) is 3.31. The van der Waals surface area contributed by atoms with E-state index in [0.717, 1.165) is 0 Å². The summed E-state index contributed by atoms with van der Waals surface area (Å²) in [6.07, 6.45) is 0. The van der Waals surface area contributed by atoms with Crippen molar-refractivity contribution < 1.29 is 0 Å². The van der Waals surface area contributed by atoms with Gasteiger partial charge in [-0.05, 0) is 65.7 Å². The molecule has 0 bridgehead atoms. The molecular weight excluding hydrogens is 432 g/mol. The van der Waals surface area contributed by atoms with E-state index in [1.165, 1.54) is 65.7 Å². The Morgan fingerprint density at radius 2 is 0.778 bits per heavy atom. The lowest BCUT2D eigenvalue weighted by Gasteiger charge is -2.20. The van der Waals surface area contributed by atoms with Crippen LogP contribution in [0, 0.1) is 0 Å². The van der Waals surface area contributed by atoms with Gasteiger partial charge in [0, 0.05) is 0 Å². The maximum absolute atomic E-state index is 2.34. The van der Waals surface area contributed by atoms with Crippen LogP contribution in [0.4, 0.5) is 0 Å². The number of rotatable bonds is 3. The molecule has 0 aliphatic carbocycles. The predicted octanol–water partition coefficient (Wildman–Crippen LogP) is 10.1. The van der Waals surface area contributed by atoms with Crippen molar-refractivity contribution in [3.8, 4) is 33.4 Å². The van der Waals surface area contributed by atoms with Crippen molar-refractivity contribution in [1.82, 2.24) is 0 Å². The Labute approximate surface area is 211 Å². The minimum Gasteiger partial charge on any atom is -0.0622 e. The van der Waals surface area contributed by atoms with Crippen LogP contribution in [0.3, 0.4) is 0 Å². The Morgan fingerprint density at radius 1 is 0.250 bits per heavy atom. The van der Waals surface area contributed by atoms with Crippen molar-refractivity contribution in [3.63, 3.8) is 0 Å². The fourth-order valence-corrected chi connectivity index (χ4v) is 5.63. The fourth-order valence-electron chi connectivity index (χ4n) is 5.63.